The maximum atomic E-state index is 10.6. The second-order valence-corrected chi connectivity index (χ2v) is 3.54. The van der Waals surface area contributed by atoms with Gasteiger partial charge in [0, 0.05) is 18.9 Å². The topological polar surface area (TPSA) is 51.5 Å². The number of ether oxygens (including phenoxy) is 1. The van der Waals surface area contributed by atoms with Crippen molar-refractivity contribution >= 4 is 5.97 Å². The molecule has 1 saturated heterocycles. The molecule has 0 amide bonds. The van der Waals surface area contributed by atoms with Gasteiger partial charge < -0.3 is 14.4 Å². The SMILES string of the molecule is O=C(O)C1CCC(Cn2cccc2)O1. The van der Waals surface area contributed by atoms with Gasteiger partial charge in [-0.3, -0.25) is 0 Å². The van der Waals surface area contributed by atoms with Crippen molar-refractivity contribution in [2.75, 3.05) is 0 Å². The highest BCUT2D eigenvalue weighted by Crippen LogP contribution is 2.21. The Morgan fingerprint density at radius 3 is 2.71 bits per heavy atom. The largest absolute Gasteiger partial charge is 0.479 e. The van der Waals surface area contributed by atoms with E-state index in [1.54, 1.807) is 0 Å². The molecule has 0 saturated carbocycles. The van der Waals surface area contributed by atoms with E-state index in [-0.39, 0.29) is 6.10 Å². The molecule has 14 heavy (non-hydrogen) atoms. The fraction of sp³-hybridized carbons (Fsp3) is 0.500. The molecule has 76 valence electrons. The van der Waals surface area contributed by atoms with Crippen LogP contribution in [0.15, 0.2) is 24.5 Å². The van der Waals surface area contributed by atoms with Gasteiger partial charge in [-0.2, -0.15) is 0 Å². The highest BCUT2D eigenvalue weighted by atomic mass is 16.5. The number of rotatable bonds is 3. The summed E-state index contributed by atoms with van der Waals surface area (Å²) in [6.07, 6.45) is 4.81. The van der Waals surface area contributed by atoms with E-state index >= 15 is 0 Å². The van der Waals surface area contributed by atoms with Crippen molar-refractivity contribution in [3.05, 3.63) is 24.5 Å². The number of carboxylic acid groups (broad SMARTS) is 1. The normalized spacial score (nSPS) is 26.6. The lowest BCUT2D eigenvalue weighted by Gasteiger charge is -2.11. The minimum absolute atomic E-state index is 0.0449. The minimum atomic E-state index is -0.847. The van der Waals surface area contributed by atoms with Crippen molar-refractivity contribution < 1.29 is 14.6 Å². The van der Waals surface area contributed by atoms with Crippen LogP contribution in [-0.4, -0.2) is 27.9 Å². The van der Waals surface area contributed by atoms with E-state index in [1.165, 1.54) is 0 Å². The second-order valence-electron chi connectivity index (χ2n) is 3.54. The van der Waals surface area contributed by atoms with E-state index < -0.39 is 12.1 Å². The molecule has 2 atom stereocenters. The van der Waals surface area contributed by atoms with Crippen LogP contribution in [0, 0.1) is 0 Å². The molecule has 2 unspecified atom stereocenters. The number of aromatic nitrogens is 1. The number of carboxylic acids is 1. The number of hydrogen-bond acceptors (Lipinski definition) is 2. The maximum Gasteiger partial charge on any atom is 0.332 e. The molecule has 1 aliphatic heterocycles. The first-order valence-corrected chi connectivity index (χ1v) is 4.75. The van der Waals surface area contributed by atoms with Crippen LogP contribution in [0.5, 0.6) is 0 Å². The van der Waals surface area contributed by atoms with E-state index in [0.717, 1.165) is 13.0 Å². The first-order chi connectivity index (χ1) is 6.75. The van der Waals surface area contributed by atoms with Gasteiger partial charge in [-0.05, 0) is 25.0 Å². The Morgan fingerprint density at radius 1 is 1.43 bits per heavy atom. The minimum Gasteiger partial charge on any atom is -0.479 e. The summed E-state index contributed by atoms with van der Waals surface area (Å²) < 4.78 is 7.38. The lowest BCUT2D eigenvalue weighted by molar-refractivity contribution is -0.149. The molecule has 0 bridgehead atoms. The Hall–Kier alpha value is -1.29. The molecular formula is C10H13NO3. The molecule has 4 heteroatoms. The average Bonchev–Trinajstić information content (AvgIpc) is 2.75. The van der Waals surface area contributed by atoms with Gasteiger partial charge in [0.1, 0.15) is 0 Å². The van der Waals surface area contributed by atoms with Gasteiger partial charge in [-0.15, -0.1) is 0 Å². The summed E-state index contributed by atoms with van der Waals surface area (Å²) in [6, 6.07) is 3.90. The number of nitrogens with zero attached hydrogens (tertiary/aromatic N) is 1. The summed E-state index contributed by atoms with van der Waals surface area (Å²) in [5.41, 5.74) is 0. The Kier molecular flexibility index (Phi) is 2.54. The summed E-state index contributed by atoms with van der Waals surface area (Å²) in [5, 5.41) is 8.73. The maximum absolute atomic E-state index is 10.6. The third-order valence-corrected chi connectivity index (χ3v) is 2.46. The van der Waals surface area contributed by atoms with Crippen molar-refractivity contribution in [1.29, 1.82) is 0 Å². The van der Waals surface area contributed by atoms with E-state index in [1.807, 2.05) is 29.1 Å². The highest BCUT2D eigenvalue weighted by Gasteiger charge is 2.30. The summed E-state index contributed by atoms with van der Waals surface area (Å²) in [5.74, 6) is -0.847. The van der Waals surface area contributed by atoms with Crippen LogP contribution in [0.3, 0.4) is 0 Å². The lowest BCUT2D eigenvalue weighted by Crippen LogP contribution is -2.22. The molecule has 4 nitrogen and oxygen atoms in total. The van der Waals surface area contributed by atoms with Crippen molar-refractivity contribution in [3.8, 4) is 0 Å². The predicted octanol–water partition coefficient (Wildman–Crippen LogP) is 1.12. The van der Waals surface area contributed by atoms with Crippen molar-refractivity contribution in [3.63, 3.8) is 0 Å². The fourth-order valence-electron chi connectivity index (χ4n) is 1.75. The zero-order chi connectivity index (χ0) is 9.97. The molecule has 0 radical (unpaired) electrons. The number of aliphatic carboxylic acids is 1. The average molecular weight is 195 g/mol. The van der Waals surface area contributed by atoms with Gasteiger partial charge in [0.25, 0.3) is 0 Å². The standard InChI is InChI=1S/C10H13NO3/c12-10(13)9-4-3-8(14-9)7-11-5-1-2-6-11/h1-2,5-6,8-9H,3-4,7H2,(H,12,13). The fourth-order valence-corrected chi connectivity index (χ4v) is 1.75. The molecule has 0 aliphatic carbocycles. The van der Waals surface area contributed by atoms with Crippen LogP contribution in [0.2, 0.25) is 0 Å². The third-order valence-electron chi connectivity index (χ3n) is 2.46. The monoisotopic (exact) mass is 195 g/mol. The van der Waals surface area contributed by atoms with Gasteiger partial charge in [0.05, 0.1) is 6.10 Å². The first kappa shape index (κ1) is 9.27. The zero-order valence-electron chi connectivity index (χ0n) is 7.80. The predicted molar refractivity (Wildman–Crippen MR) is 50.0 cm³/mol. The molecular weight excluding hydrogens is 182 g/mol. The quantitative estimate of drug-likeness (QED) is 0.786. The lowest BCUT2D eigenvalue weighted by atomic mass is 10.2. The Labute approximate surface area is 82.1 Å². The molecule has 1 N–H and O–H groups in total. The molecule has 2 heterocycles. The third kappa shape index (κ3) is 1.96. The van der Waals surface area contributed by atoms with Crippen LogP contribution in [0.1, 0.15) is 12.8 Å². The molecule has 0 spiro atoms. The van der Waals surface area contributed by atoms with Crippen LogP contribution in [-0.2, 0) is 16.1 Å². The van der Waals surface area contributed by atoms with Gasteiger partial charge in [0.15, 0.2) is 6.10 Å². The first-order valence-electron chi connectivity index (χ1n) is 4.75. The molecule has 1 aromatic rings. The van der Waals surface area contributed by atoms with Crippen LogP contribution in [0.4, 0.5) is 0 Å². The Balaban J connectivity index is 1.87. The van der Waals surface area contributed by atoms with E-state index in [4.69, 9.17) is 9.84 Å². The van der Waals surface area contributed by atoms with Crippen molar-refractivity contribution in [2.24, 2.45) is 0 Å². The van der Waals surface area contributed by atoms with E-state index in [0.29, 0.717) is 6.42 Å². The highest BCUT2D eigenvalue weighted by molar-refractivity contribution is 5.72. The van der Waals surface area contributed by atoms with E-state index in [9.17, 15) is 4.79 Å². The zero-order valence-corrected chi connectivity index (χ0v) is 7.80. The summed E-state index contributed by atoms with van der Waals surface area (Å²) in [7, 11) is 0. The van der Waals surface area contributed by atoms with Crippen LogP contribution < -0.4 is 0 Å². The molecule has 0 aromatic carbocycles. The van der Waals surface area contributed by atoms with Crippen molar-refractivity contribution in [2.45, 2.75) is 31.6 Å². The summed E-state index contributed by atoms with van der Waals surface area (Å²) in [4.78, 5) is 10.6. The van der Waals surface area contributed by atoms with Gasteiger partial charge in [-0.25, -0.2) is 4.79 Å². The Bertz CT molecular complexity index is 307. The van der Waals surface area contributed by atoms with Crippen molar-refractivity contribution in [1.82, 2.24) is 4.57 Å². The molecule has 1 aromatic heterocycles. The van der Waals surface area contributed by atoms with Gasteiger partial charge >= 0.3 is 5.97 Å². The van der Waals surface area contributed by atoms with Crippen LogP contribution >= 0.6 is 0 Å². The summed E-state index contributed by atoms with van der Waals surface area (Å²) >= 11 is 0. The van der Waals surface area contributed by atoms with Gasteiger partial charge in [-0.1, -0.05) is 0 Å². The Morgan fingerprint density at radius 2 is 2.14 bits per heavy atom. The molecule has 1 fully saturated rings. The van der Waals surface area contributed by atoms with Gasteiger partial charge in [0.2, 0.25) is 0 Å². The smallest absolute Gasteiger partial charge is 0.332 e. The molecule has 2 rings (SSSR count). The molecule has 1 aliphatic rings. The number of hydrogen-bond donors (Lipinski definition) is 1. The van der Waals surface area contributed by atoms with Crippen LogP contribution in [0.25, 0.3) is 0 Å². The van der Waals surface area contributed by atoms with E-state index in [2.05, 4.69) is 0 Å². The summed E-state index contributed by atoms with van der Waals surface area (Å²) in [6.45, 7) is 0.747. The second kappa shape index (κ2) is 3.84. The number of carbonyl (C=O) groups is 1.